The van der Waals surface area contributed by atoms with Crippen LogP contribution in [0.1, 0.15) is 64.1 Å². The Morgan fingerprint density at radius 1 is 1.14 bits per heavy atom. The molecule has 7 heteroatoms. The van der Waals surface area contributed by atoms with Crippen molar-refractivity contribution < 1.29 is 14.3 Å². The molecule has 0 aromatic heterocycles. The fraction of sp³-hybridized carbons (Fsp3) is 0.636. The maximum Gasteiger partial charge on any atom is 0.410 e. The lowest BCUT2D eigenvalue weighted by molar-refractivity contribution is -0.138. The van der Waals surface area contributed by atoms with E-state index in [1.165, 1.54) is 0 Å². The van der Waals surface area contributed by atoms with Crippen molar-refractivity contribution in [3.63, 3.8) is 0 Å². The number of amides is 2. The Morgan fingerprint density at radius 3 is 2.55 bits per heavy atom. The molecule has 2 heterocycles. The van der Waals surface area contributed by atoms with Crippen LogP contribution < -0.4 is 0 Å². The van der Waals surface area contributed by atoms with Gasteiger partial charge in [-0.15, -0.1) is 0 Å². The molecule has 1 saturated heterocycles. The molecule has 2 amide bonds. The monoisotopic (exact) mass is 440 g/mol. The first-order valence-electron chi connectivity index (χ1n) is 10.3. The second-order valence-corrected chi connectivity index (χ2v) is 9.88. The SMILES string of the molecule is C[C@H]1c2c(Cl)cc(Cl)cc2CCN1C(=O)C1CCCCN(C(=O)OC(C)(C)C)C1. The summed E-state index contributed by atoms with van der Waals surface area (Å²) in [6.07, 6.45) is 2.97. The number of hydrogen-bond acceptors (Lipinski definition) is 3. The van der Waals surface area contributed by atoms with Crippen LogP contribution in [0.2, 0.25) is 10.0 Å². The van der Waals surface area contributed by atoms with Crippen LogP contribution in [0.3, 0.4) is 0 Å². The summed E-state index contributed by atoms with van der Waals surface area (Å²) in [7, 11) is 0. The zero-order valence-electron chi connectivity index (χ0n) is 17.6. The molecule has 1 fully saturated rings. The van der Waals surface area contributed by atoms with Crippen LogP contribution in [0.25, 0.3) is 0 Å². The van der Waals surface area contributed by atoms with Crippen molar-refractivity contribution in [3.8, 4) is 0 Å². The van der Waals surface area contributed by atoms with Crippen LogP contribution in [0.15, 0.2) is 12.1 Å². The van der Waals surface area contributed by atoms with Gasteiger partial charge in [0.1, 0.15) is 5.60 Å². The van der Waals surface area contributed by atoms with Gasteiger partial charge in [0.2, 0.25) is 5.91 Å². The molecular formula is C22H30Cl2N2O3. The molecule has 1 aromatic carbocycles. The maximum atomic E-state index is 13.4. The zero-order valence-corrected chi connectivity index (χ0v) is 19.1. The Hall–Kier alpha value is -1.46. The third-order valence-corrected chi connectivity index (χ3v) is 6.17. The average Bonchev–Trinajstić information content (AvgIpc) is 2.85. The summed E-state index contributed by atoms with van der Waals surface area (Å²) < 4.78 is 5.53. The molecule has 0 radical (unpaired) electrons. The first-order chi connectivity index (χ1) is 13.6. The molecule has 0 saturated carbocycles. The quantitative estimate of drug-likeness (QED) is 0.580. The second kappa shape index (κ2) is 8.73. The standard InChI is InChI=1S/C22H30Cl2N2O3/c1-14-19-15(11-17(23)12-18(19)24)8-10-26(14)20(27)16-7-5-6-9-25(13-16)21(28)29-22(2,3)4/h11-12,14,16H,5-10,13H2,1-4H3/t14-,16?/m0/s1. The number of rotatable bonds is 1. The number of likely N-dealkylation sites (tertiary alicyclic amines) is 1. The van der Waals surface area contributed by atoms with Crippen LogP contribution in [0, 0.1) is 5.92 Å². The van der Waals surface area contributed by atoms with E-state index in [9.17, 15) is 9.59 Å². The second-order valence-electron chi connectivity index (χ2n) is 9.04. The van der Waals surface area contributed by atoms with Gasteiger partial charge >= 0.3 is 6.09 Å². The predicted molar refractivity (Wildman–Crippen MR) is 115 cm³/mol. The average molecular weight is 441 g/mol. The summed E-state index contributed by atoms with van der Waals surface area (Å²) in [5.74, 6) is -0.135. The van der Waals surface area contributed by atoms with Gasteiger partial charge in [0.15, 0.2) is 0 Å². The van der Waals surface area contributed by atoms with E-state index in [-0.39, 0.29) is 24.0 Å². The van der Waals surface area contributed by atoms with Crippen LogP contribution in [0.4, 0.5) is 4.79 Å². The lowest BCUT2D eigenvalue weighted by atomic mass is 9.91. The molecule has 2 aliphatic rings. The third kappa shape index (κ3) is 5.18. The molecular weight excluding hydrogens is 411 g/mol. The summed E-state index contributed by atoms with van der Waals surface area (Å²) in [6, 6.07) is 3.56. The lowest BCUT2D eigenvalue weighted by Gasteiger charge is -2.38. The Morgan fingerprint density at radius 2 is 1.86 bits per heavy atom. The van der Waals surface area contributed by atoms with E-state index in [4.69, 9.17) is 27.9 Å². The molecule has 0 spiro atoms. The highest BCUT2D eigenvalue weighted by molar-refractivity contribution is 6.35. The third-order valence-electron chi connectivity index (χ3n) is 5.64. The van der Waals surface area contributed by atoms with Crippen molar-refractivity contribution in [2.24, 2.45) is 5.92 Å². The maximum absolute atomic E-state index is 13.4. The minimum Gasteiger partial charge on any atom is -0.444 e. The minimum atomic E-state index is -0.550. The first kappa shape index (κ1) is 22.2. The highest BCUT2D eigenvalue weighted by Crippen LogP contribution is 2.38. The molecule has 3 rings (SSSR count). The fourth-order valence-electron chi connectivity index (χ4n) is 4.27. The van der Waals surface area contributed by atoms with E-state index in [0.29, 0.717) is 29.7 Å². The normalized spacial score (nSPS) is 22.7. The van der Waals surface area contributed by atoms with E-state index in [1.807, 2.05) is 38.7 Å². The summed E-state index contributed by atoms with van der Waals surface area (Å²) in [4.78, 5) is 29.6. The Balaban J connectivity index is 1.76. The van der Waals surface area contributed by atoms with E-state index < -0.39 is 5.60 Å². The van der Waals surface area contributed by atoms with Gasteiger partial charge in [0, 0.05) is 29.7 Å². The van der Waals surface area contributed by atoms with Crippen molar-refractivity contribution in [3.05, 3.63) is 33.3 Å². The van der Waals surface area contributed by atoms with E-state index in [1.54, 1.807) is 11.0 Å². The number of benzene rings is 1. The molecule has 1 unspecified atom stereocenters. The molecule has 0 N–H and O–H groups in total. The predicted octanol–water partition coefficient (Wildman–Crippen LogP) is 5.48. The fourth-order valence-corrected chi connectivity index (χ4v) is 4.97. The smallest absolute Gasteiger partial charge is 0.410 e. The highest BCUT2D eigenvalue weighted by atomic mass is 35.5. The van der Waals surface area contributed by atoms with E-state index >= 15 is 0 Å². The number of carbonyl (C=O) groups excluding carboxylic acids is 2. The summed E-state index contributed by atoms with van der Waals surface area (Å²) in [5, 5.41) is 1.23. The van der Waals surface area contributed by atoms with Crippen LogP contribution >= 0.6 is 23.2 Å². The molecule has 160 valence electrons. The van der Waals surface area contributed by atoms with E-state index in [0.717, 1.165) is 36.8 Å². The molecule has 29 heavy (non-hydrogen) atoms. The first-order valence-corrected chi connectivity index (χ1v) is 11.1. The molecule has 2 aliphatic heterocycles. The van der Waals surface area contributed by atoms with Crippen molar-refractivity contribution in [2.75, 3.05) is 19.6 Å². The number of fused-ring (bicyclic) bond motifs is 1. The van der Waals surface area contributed by atoms with Crippen molar-refractivity contribution in [1.29, 1.82) is 0 Å². The lowest BCUT2D eigenvalue weighted by Crippen LogP contribution is -2.46. The molecule has 0 aliphatic carbocycles. The summed E-state index contributed by atoms with van der Waals surface area (Å²) in [6.45, 7) is 9.24. The van der Waals surface area contributed by atoms with Gasteiger partial charge in [-0.25, -0.2) is 4.79 Å². The van der Waals surface area contributed by atoms with Crippen molar-refractivity contribution >= 4 is 35.2 Å². The number of hydrogen-bond donors (Lipinski definition) is 0. The number of halogens is 2. The number of carbonyl (C=O) groups is 2. The Bertz CT molecular complexity index is 791. The van der Waals surface area contributed by atoms with Gasteiger partial charge < -0.3 is 14.5 Å². The summed E-state index contributed by atoms with van der Waals surface area (Å²) >= 11 is 12.6. The van der Waals surface area contributed by atoms with Crippen LogP contribution in [0.5, 0.6) is 0 Å². The van der Waals surface area contributed by atoms with Gasteiger partial charge in [-0.1, -0.05) is 29.6 Å². The molecule has 2 atom stereocenters. The Labute approximate surface area is 183 Å². The molecule has 1 aromatic rings. The summed E-state index contributed by atoms with van der Waals surface area (Å²) in [5.41, 5.74) is 1.54. The van der Waals surface area contributed by atoms with E-state index in [2.05, 4.69) is 0 Å². The largest absolute Gasteiger partial charge is 0.444 e. The van der Waals surface area contributed by atoms with Crippen molar-refractivity contribution in [2.45, 2.75) is 65.0 Å². The van der Waals surface area contributed by atoms with Gasteiger partial charge in [0.05, 0.1) is 12.0 Å². The Kier molecular flexibility index (Phi) is 6.69. The van der Waals surface area contributed by atoms with Gasteiger partial charge in [-0.3, -0.25) is 4.79 Å². The number of nitrogens with zero attached hydrogens (tertiary/aromatic N) is 2. The topological polar surface area (TPSA) is 49.9 Å². The van der Waals surface area contributed by atoms with Crippen LogP contribution in [-0.2, 0) is 16.0 Å². The molecule has 0 bridgehead atoms. The van der Waals surface area contributed by atoms with Gasteiger partial charge in [-0.2, -0.15) is 0 Å². The zero-order chi connectivity index (χ0) is 21.3. The number of ether oxygens (including phenoxy) is 1. The minimum absolute atomic E-state index is 0.0876. The van der Waals surface area contributed by atoms with Gasteiger partial charge in [0.25, 0.3) is 0 Å². The highest BCUT2D eigenvalue weighted by Gasteiger charge is 2.36. The van der Waals surface area contributed by atoms with Gasteiger partial charge in [-0.05, 0) is 70.2 Å². The van der Waals surface area contributed by atoms with Crippen molar-refractivity contribution in [1.82, 2.24) is 9.80 Å². The molecule has 5 nitrogen and oxygen atoms in total. The van der Waals surface area contributed by atoms with Crippen LogP contribution in [-0.4, -0.2) is 47.0 Å².